The van der Waals surface area contributed by atoms with E-state index in [0.29, 0.717) is 23.4 Å². The van der Waals surface area contributed by atoms with Crippen molar-refractivity contribution in [2.45, 2.75) is 18.9 Å². The van der Waals surface area contributed by atoms with E-state index in [9.17, 15) is 14.4 Å². The second-order valence-corrected chi connectivity index (χ2v) is 4.69. The molecule has 1 aromatic carbocycles. The topological polar surface area (TPSA) is 119 Å². The summed E-state index contributed by atoms with van der Waals surface area (Å²) in [6, 6.07) is 4.02. The highest BCUT2D eigenvalue weighted by Gasteiger charge is 2.31. The molecule has 0 spiro atoms. The monoisotopic (exact) mass is 276 g/mol. The number of likely N-dealkylation sites (N-methyl/N-ethyl adjacent to an activating group) is 1. The number of nitrogens with two attached hydrogens (primary N) is 2. The predicted octanol–water partition coefficient (Wildman–Crippen LogP) is -0.0730. The number of hydrogen-bond donors (Lipinski definition) is 3. The van der Waals surface area contributed by atoms with E-state index in [-0.39, 0.29) is 18.2 Å². The highest BCUT2D eigenvalue weighted by atomic mass is 16.2. The van der Waals surface area contributed by atoms with Crippen LogP contribution in [0.4, 0.5) is 11.4 Å². The molecule has 106 valence electrons. The SMILES string of the molecule is CN1C(=O)CCC(Nc2cc(C(N)=O)ccc2N)C1=O. The van der Waals surface area contributed by atoms with Crippen molar-refractivity contribution >= 4 is 29.1 Å². The molecule has 3 amide bonds. The minimum atomic E-state index is -0.574. The highest BCUT2D eigenvalue weighted by Crippen LogP contribution is 2.23. The van der Waals surface area contributed by atoms with Gasteiger partial charge < -0.3 is 16.8 Å². The van der Waals surface area contributed by atoms with Gasteiger partial charge in [-0.25, -0.2) is 0 Å². The molecule has 20 heavy (non-hydrogen) atoms. The van der Waals surface area contributed by atoms with Gasteiger partial charge in [-0.2, -0.15) is 0 Å². The summed E-state index contributed by atoms with van der Waals surface area (Å²) in [5, 5.41) is 2.97. The summed E-state index contributed by atoms with van der Waals surface area (Å²) in [4.78, 5) is 35.6. The maximum absolute atomic E-state index is 12.0. The van der Waals surface area contributed by atoms with Crippen LogP contribution >= 0.6 is 0 Å². The van der Waals surface area contributed by atoms with Gasteiger partial charge in [-0.15, -0.1) is 0 Å². The molecule has 1 saturated heterocycles. The predicted molar refractivity (Wildman–Crippen MR) is 73.8 cm³/mol. The van der Waals surface area contributed by atoms with E-state index < -0.39 is 11.9 Å². The molecule has 7 nitrogen and oxygen atoms in total. The first-order valence-electron chi connectivity index (χ1n) is 6.16. The van der Waals surface area contributed by atoms with Crippen molar-refractivity contribution in [3.05, 3.63) is 23.8 Å². The van der Waals surface area contributed by atoms with Gasteiger partial charge in [-0.05, 0) is 24.6 Å². The molecule has 2 rings (SSSR count). The average Bonchev–Trinajstić information content (AvgIpc) is 2.41. The van der Waals surface area contributed by atoms with Crippen LogP contribution in [0.1, 0.15) is 23.2 Å². The quantitative estimate of drug-likeness (QED) is 0.527. The van der Waals surface area contributed by atoms with Crippen molar-refractivity contribution in [3.8, 4) is 0 Å². The molecule has 0 radical (unpaired) electrons. The average molecular weight is 276 g/mol. The summed E-state index contributed by atoms with van der Waals surface area (Å²) in [6.07, 6.45) is 0.678. The van der Waals surface area contributed by atoms with Crippen LogP contribution in [0.15, 0.2) is 18.2 Å². The highest BCUT2D eigenvalue weighted by molar-refractivity contribution is 6.02. The lowest BCUT2D eigenvalue weighted by Crippen LogP contribution is -2.48. The smallest absolute Gasteiger partial charge is 0.251 e. The largest absolute Gasteiger partial charge is 0.397 e. The van der Waals surface area contributed by atoms with Crippen LogP contribution in [0, 0.1) is 0 Å². The van der Waals surface area contributed by atoms with Crippen molar-refractivity contribution in [1.82, 2.24) is 4.90 Å². The first kappa shape index (κ1) is 13.9. The third-order valence-corrected chi connectivity index (χ3v) is 3.32. The van der Waals surface area contributed by atoms with E-state index in [1.165, 1.54) is 19.2 Å². The van der Waals surface area contributed by atoms with E-state index in [2.05, 4.69) is 5.32 Å². The van der Waals surface area contributed by atoms with Gasteiger partial charge in [0, 0.05) is 19.0 Å². The lowest BCUT2D eigenvalue weighted by molar-refractivity contribution is -0.146. The van der Waals surface area contributed by atoms with Gasteiger partial charge in [-0.1, -0.05) is 0 Å². The van der Waals surface area contributed by atoms with Crippen LogP contribution in [0.2, 0.25) is 0 Å². The zero-order valence-electron chi connectivity index (χ0n) is 11.1. The standard InChI is InChI=1S/C13H16N4O3/c1-17-11(18)5-4-9(13(17)20)16-10-6-7(12(15)19)2-3-8(10)14/h2-3,6,9,16H,4-5,14H2,1H3,(H2,15,19). The minimum absolute atomic E-state index is 0.202. The molecule has 7 heteroatoms. The molecule has 0 bridgehead atoms. The van der Waals surface area contributed by atoms with Crippen molar-refractivity contribution in [2.24, 2.45) is 5.73 Å². The second-order valence-electron chi connectivity index (χ2n) is 4.69. The summed E-state index contributed by atoms with van der Waals surface area (Å²) >= 11 is 0. The van der Waals surface area contributed by atoms with Crippen molar-refractivity contribution in [1.29, 1.82) is 0 Å². The normalized spacial score (nSPS) is 19.1. The van der Waals surface area contributed by atoms with Gasteiger partial charge in [0.05, 0.1) is 11.4 Å². The molecule has 1 heterocycles. The number of amides is 3. The maximum Gasteiger partial charge on any atom is 0.251 e. The van der Waals surface area contributed by atoms with E-state index in [4.69, 9.17) is 11.5 Å². The number of nitrogens with one attached hydrogen (secondary N) is 1. The second kappa shape index (κ2) is 5.20. The zero-order chi connectivity index (χ0) is 14.9. The van der Waals surface area contributed by atoms with Crippen LogP contribution in [-0.2, 0) is 9.59 Å². The number of likely N-dealkylation sites (tertiary alicyclic amines) is 1. The molecule has 1 fully saturated rings. The van der Waals surface area contributed by atoms with Crippen LogP contribution in [0.25, 0.3) is 0 Å². The molecule has 0 saturated carbocycles. The van der Waals surface area contributed by atoms with Crippen LogP contribution in [0.5, 0.6) is 0 Å². The maximum atomic E-state index is 12.0. The number of primary amides is 1. The van der Waals surface area contributed by atoms with Crippen LogP contribution in [0.3, 0.4) is 0 Å². The summed E-state index contributed by atoms with van der Waals surface area (Å²) in [7, 11) is 1.45. The number of rotatable bonds is 3. The van der Waals surface area contributed by atoms with E-state index >= 15 is 0 Å². The van der Waals surface area contributed by atoms with Crippen LogP contribution in [-0.4, -0.2) is 35.7 Å². The third-order valence-electron chi connectivity index (χ3n) is 3.32. The molecular weight excluding hydrogens is 260 g/mol. The number of carbonyl (C=O) groups is 3. The number of imide groups is 1. The van der Waals surface area contributed by atoms with E-state index in [1.807, 2.05) is 0 Å². The molecule has 0 aliphatic carbocycles. The Balaban J connectivity index is 2.21. The fraction of sp³-hybridized carbons (Fsp3) is 0.308. The number of nitrogen functional groups attached to an aromatic ring is 1. The summed E-state index contributed by atoms with van der Waals surface area (Å²) in [5.41, 5.74) is 12.2. The summed E-state index contributed by atoms with van der Waals surface area (Å²) in [5.74, 6) is -1.09. The Labute approximate surface area is 115 Å². The number of nitrogens with zero attached hydrogens (tertiary/aromatic N) is 1. The Bertz CT molecular complexity index is 585. The zero-order valence-corrected chi connectivity index (χ0v) is 11.1. The van der Waals surface area contributed by atoms with Crippen molar-refractivity contribution in [2.75, 3.05) is 18.1 Å². The summed E-state index contributed by atoms with van der Waals surface area (Å²) < 4.78 is 0. The van der Waals surface area contributed by atoms with E-state index in [1.54, 1.807) is 6.07 Å². The van der Waals surface area contributed by atoms with Crippen LogP contribution < -0.4 is 16.8 Å². The number of anilines is 2. The molecule has 1 aliphatic rings. The van der Waals surface area contributed by atoms with Gasteiger partial charge in [0.1, 0.15) is 6.04 Å². The number of hydrogen-bond acceptors (Lipinski definition) is 5. The molecule has 0 aromatic heterocycles. The van der Waals surface area contributed by atoms with Gasteiger partial charge in [0.25, 0.3) is 5.91 Å². The molecule has 1 atom stereocenters. The lowest BCUT2D eigenvalue weighted by Gasteiger charge is -2.29. The fourth-order valence-corrected chi connectivity index (χ4v) is 2.07. The van der Waals surface area contributed by atoms with Crippen molar-refractivity contribution < 1.29 is 14.4 Å². The Morgan fingerprint density at radius 1 is 1.40 bits per heavy atom. The number of carbonyl (C=O) groups excluding carboxylic acids is 3. The van der Waals surface area contributed by atoms with Gasteiger partial charge in [-0.3, -0.25) is 19.3 Å². The van der Waals surface area contributed by atoms with Gasteiger partial charge in [0.15, 0.2) is 0 Å². The minimum Gasteiger partial charge on any atom is -0.397 e. The lowest BCUT2D eigenvalue weighted by atomic mass is 10.0. The Morgan fingerprint density at radius 3 is 2.75 bits per heavy atom. The Morgan fingerprint density at radius 2 is 2.10 bits per heavy atom. The Kier molecular flexibility index (Phi) is 3.60. The first-order valence-corrected chi connectivity index (χ1v) is 6.16. The molecular formula is C13H16N4O3. The third kappa shape index (κ3) is 2.56. The van der Waals surface area contributed by atoms with Gasteiger partial charge >= 0.3 is 0 Å². The van der Waals surface area contributed by atoms with Crippen molar-refractivity contribution in [3.63, 3.8) is 0 Å². The number of piperidine rings is 1. The Hall–Kier alpha value is -2.57. The molecule has 1 unspecified atom stereocenters. The molecule has 1 aliphatic heterocycles. The molecule has 5 N–H and O–H groups in total. The first-order chi connectivity index (χ1) is 9.40. The molecule has 1 aromatic rings. The number of benzene rings is 1. The fourth-order valence-electron chi connectivity index (χ4n) is 2.07. The van der Waals surface area contributed by atoms with Gasteiger partial charge in [0.2, 0.25) is 11.8 Å². The summed E-state index contributed by atoms with van der Waals surface area (Å²) in [6.45, 7) is 0. The van der Waals surface area contributed by atoms with E-state index in [0.717, 1.165) is 4.90 Å².